The Labute approximate surface area is 98.8 Å². The summed E-state index contributed by atoms with van der Waals surface area (Å²) in [6, 6.07) is 4.52. The summed E-state index contributed by atoms with van der Waals surface area (Å²) in [5, 5.41) is 8.72. The van der Waals surface area contributed by atoms with Gasteiger partial charge in [-0.3, -0.25) is 4.79 Å². The highest BCUT2D eigenvalue weighted by Gasteiger charge is 2.15. The average molecular weight is 238 g/mol. The van der Waals surface area contributed by atoms with Crippen LogP contribution in [-0.4, -0.2) is 54.2 Å². The number of ether oxygens (including phenoxy) is 1. The fourth-order valence-corrected chi connectivity index (χ4v) is 1.22. The molecule has 1 heterocycles. The van der Waals surface area contributed by atoms with Gasteiger partial charge in [0.25, 0.3) is 5.91 Å². The van der Waals surface area contributed by atoms with Crippen LogP contribution in [-0.2, 0) is 4.74 Å². The molecular formula is C11H14N2O4. The third-order valence-electron chi connectivity index (χ3n) is 2.14. The SMILES string of the molecule is COC(=O)c1cccc(C(=O)N(C)CCO)n1. The molecule has 1 aromatic rings. The van der Waals surface area contributed by atoms with Gasteiger partial charge >= 0.3 is 5.97 Å². The molecule has 0 aliphatic carbocycles. The van der Waals surface area contributed by atoms with E-state index in [0.717, 1.165) is 0 Å². The molecule has 0 aliphatic rings. The minimum atomic E-state index is -0.593. The van der Waals surface area contributed by atoms with Crippen molar-refractivity contribution in [3.05, 3.63) is 29.6 Å². The number of likely N-dealkylation sites (N-methyl/N-ethyl adjacent to an activating group) is 1. The van der Waals surface area contributed by atoms with E-state index in [4.69, 9.17) is 5.11 Å². The zero-order valence-electron chi connectivity index (χ0n) is 9.71. The first-order valence-corrected chi connectivity index (χ1v) is 5.02. The number of amides is 1. The monoisotopic (exact) mass is 238 g/mol. The maximum Gasteiger partial charge on any atom is 0.356 e. The molecule has 0 fully saturated rings. The van der Waals surface area contributed by atoms with E-state index >= 15 is 0 Å². The second-order valence-electron chi connectivity index (χ2n) is 3.35. The third-order valence-corrected chi connectivity index (χ3v) is 2.14. The van der Waals surface area contributed by atoms with Crippen molar-refractivity contribution >= 4 is 11.9 Å². The summed E-state index contributed by atoms with van der Waals surface area (Å²) >= 11 is 0. The van der Waals surface area contributed by atoms with E-state index in [0.29, 0.717) is 0 Å². The van der Waals surface area contributed by atoms with Crippen molar-refractivity contribution in [3.8, 4) is 0 Å². The van der Waals surface area contributed by atoms with Crippen molar-refractivity contribution in [2.75, 3.05) is 27.3 Å². The first kappa shape index (κ1) is 13.1. The lowest BCUT2D eigenvalue weighted by molar-refractivity contribution is 0.0593. The van der Waals surface area contributed by atoms with Crippen molar-refractivity contribution in [1.29, 1.82) is 0 Å². The summed E-state index contributed by atoms with van der Waals surface area (Å²) in [4.78, 5) is 28.3. The molecule has 1 N–H and O–H groups in total. The number of methoxy groups -OCH3 is 1. The van der Waals surface area contributed by atoms with Crippen LogP contribution in [0.1, 0.15) is 21.0 Å². The second-order valence-corrected chi connectivity index (χ2v) is 3.35. The quantitative estimate of drug-likeness (QED) is 0.743. The fraction of sp³-hybridized carbons (Fsp3) is 0.364. The number of hydrogen-bond donors (Lipinski definition) is 1. The summed E-state index contributed by atoms with van der Waals surface area (Å²) in [6.07, 6.45) is 0. The van der Waals surface area contributed by atoms with Crippen LogP contribution in [0.4, 0.5) is 0 Å². The first-order valence-electron chi connectivity index (χ1n) is 5.02. The van der Waals surface area contributed by atoms with Gasteiger partial charge < -0.3 is 14.7 Å². The number of hydrogen-bond acceptors (Lipinski definition) is 5. The Morgan fingerprint density at radius 3 is 2.65 bits per heavy atom. The van der Waals surface area contributed by atoms with Crippen molar-refractivity contribution in [2.24, 2.45) is 0 Å². The summed E-state index contributed by atoms with van der Waals surface area (Å²) in [6.45, 7) is 0.0852. The predicted molar refractivity (Wildman–Crippen MR) is 59.6 cm³/mol. The van der Waals surface area contributed by atoms with Gasteiger partial charge in [-0.15, -0.1) is 0 Å². The third kappa shape index (κ3) is 3.25. The smallest absolute Gasteiger partial charge is 0.356 e. The molecule has 1 rings (SSSR count). The van der Waals surface area contributed by atoms with Gasteiger partial charge in [-0.05, 0) is 12.1 Å². The van der Waals surface area contributed by atoms with Gasteiger partial charge in [-0.25, -0.2) is 9.78 Å². The molecule has 92 valence electrons. The van der Waals surface area contributed by atoms with E-state index in [1.807, 2.05) is 0 Å². The maximum absolute atomic E-state index is 11.8. The van der Waals surface area contributed by atoms with Crippen LogP contribution in [0.15, 0.2) is 18.2 Å². The normalized spacial score (nSPS) is 9.82. The highest BCUT2D eigenvalue weighted by atomic mass is 16.5. The Morgan fingerprint density at radius 2 is 2.06 bits per heavy atom. The number of nitrogens with zero attached hydrogens (tertiary/aromatic N) is 2. The molecule has 1 amide bonds. The molecule has 17 heavy (non-hydrogen) atoms. The van der Waals surface area contributed by atoms with Crippen molar-refractivity contribution < 1.29 is 19.4 Å². The predicted octanol–water partition coefficient (Wildman–Crippen LogP) is -0.0675. The molecule has 0 saturated heterocycles. The van der Waals surface area contributed by atoms with Gasteiger partial charge in [0.1, 0.15) is 11.4 Å². The molecule has 1 aromatic heterocycles. The van der Waals surface area contributed by atoms with Crippen molar-refractivity contribution in [3.63, 3.8) is 0 Å². The molecule has 0 saturated carbocycles. The number of aromatic nitrogens is 1. The van der Waals surface area contributed by atoms with Crippen LogP contribution in [0, 0.1) is 0 Å². The van der Waals surface area contributed by atoms with Crippen LogP contribution < -0.4 is 0 Å². The molecule has 0 aliphatic heterocycles. The first-order chi connectivity index (χ1) is 8.10. The minimum absolute atomic E-state index is 0.0794. The zero-order valence-corrected chi connectivity index (χ0v) is 9.71. The number of rotatable bonds is 4. The lowest BCUT2D eigenvalue weighted by Gasteiger charge is -2.15. The number of esters is 1. The molecule has 0 aromatic carbocycles. The Kier molecular flexibility index (Phi) is 4.59. The Bertz CT molecular complexity index is 420. The molecule has 6 nitrogen and oxygen atoms in total. The summed E-state index contributed by atoms with van der Waals surface area (Å²) in [5.41, 5.74) is 0.222. The average Bonchev–Trinajstić information content (AvgIpc) is 2.37. The highest BCUT2D eigenvalue weighted by molar-refractivity contribution is 5.94. The highest BCUT2D eigenvalue weighted by Crippen LogP contribution is 2.04. The van der Waals surface area contributed by atoms with Crippen LogP contribution in [0.5, 0.6) is 0 Å². The van der Waals surface area contributed by atoms with Gasteiger partial charge in [0, 0.05) is 13.6 Å². The largest absolute Gasteiger partial charge is 0.464 e. The maximum atomic E-state index is 11.8. The number of pyridine rings is 1. The fourth-order valence-electron chi connectivity index (χ4n) is 1.22. The second kappa shape index (κ2) is 5.95. The molecule has 0 unspecified atom stereocenters. The van der Waals surface area contributed by atoms with E-state index in [2.05, 4.69) is 9.72 Å². The lowest BCUT2D eigenvalue weighted by Crippen LogP contribution is -2.30. The topological polar surface area (TPSA) is 79.7 Å². The molecule has 0 spiro atoms. The Morgan fingerprint density at radius 1 is 1.41 bits per heavy atom. The van der Waals surface area contributed by atoms with E-state index in [9.17, 15) is 9.59 Å². The molecular weight excluding hydrogens is 224 g/mol. The van der Waals surface area contributed by atoms with Gasteiger partial charge in [0.15, 0.2) is 0 Å². The van der Waals surface area contributed by atoms with E-state index in [1.165, 1.54) is 24.1 Å². The number of carbonyl (C=O) groups is 2. The number of carbonyl (C=O) groups excluding carboxylic acids is 2. The standard InChI is InChI=1S/C11H14N2O4/c1-13(6-7-14)10(15)8-4-3-5-9(12-8)11(16)17-2/h3-5,14H,6-7H2,1-2H3. The van der Waals surface area contributed by atoms with Gasteiger partial charge in [-0.1, -0.05) is 6.07 Å². The number of aliphatic hydroxyl groups is 1. The minimum Gasteiger partial charge on any atom is -0.464 e. The Hall–Kier alpha value is -1.95. The molecule has 0 atom stereocenters. The van der Waals surface area contributed by atoms with Gasteiger partial charge in [0.05, 0.1) is 13.7 Å². The summed E-state index contributed by atoms with van der Waals surface area (Å²) in [7, 11) is 2.79. The van der Waals surface area contributed by atoms with Crippen LogP contribution in [0.25, 0.3) is 0 Å². The van der Waals surface area contributed by atoms with Crippen LogP contribution in [0.2, 0.25) is 0 Å². The molecule has 0 radical (unpaired) electrons. The van der Waals surface area contributed by atoms with E-state index in [-0.39, 0.29) is 30.4 Å². The van der Waals surface area contributed by atoms with Crippen molar-refractivity contribution in [2.45, 2.75) is 0 Å². The van der Waals surface area contributed by atoms with E-state index in [1.54, 1.807) is 13.1 Å². The number of aliphatic hydroxyl groups excluding tert-OH is 1. The summed E-state index contributed by atoms with van der Waals surface area (Å²) in [5.74, 6) is -0.950. The van der Waals surface area contributed by atoms with Crippen LogP contribution >= 0.6 is 0 Å². The summed E-state index contributed by atoms with van der Waals surface area (Å²) < 4.78 is 4.51. The van der Waals surface area contributed by atoms with E-state index < -0.39 is 5.97 Å². The Balaban J connectivity index is 2.91. The molecule has 0 bridgehead atoms. The lowest BCUT2D eigenvalue weighted by atomic mass is 10.2. The van der Waals surface area contributed by atoms with Gasteiger partial charge in [0.2, 0.25) is 0 Å². The molecule has 6 heteroatoms. The van der Waals surface area contributed by atoms with Gasteiger partial charge in [-0.2, -0.15) is 0 Å². The van der Waals surface area contributed by atoms with Crippen molar-refractivity contribution in [1.82, 2.24) is 9.88 Å². The van der Waals surface area contributed by atoms with Crippen LogP contribution in [0.3, 0.4) is 0 Å². The zero-order chi connectivity index (χ0) is 12.8.